The van der Waals surface area contributed by atoms with Crippen LogP contribution in [0.3, 0.4) is 0 Å². The van der Waals surface area contributed by atoms with Gasteiger partial charge in [0.1, 0.15) is 0 Å². The molecule has 1 aromatic carbocycles. The zero-order valence-electron chi connectivity index (χ0n) is 8.49. The standard InChI is InChI=1S/C9H9ClI2N2O3/c10-3-6(15)4-13-9-7(11)1-5(14(16)17)2-8(9)12/h1-2,6,13,15H,3-4H2. The molecule has 0 fully saturated rings. The van der Waals surface area contributed by atoms with Crippen molar-refractivity contribution in [2.45, 2.75) is 6.10 Å². The number of anilines is 1. The summed E-state index contributed by atoms with van der Waals surface area (Å²) in [6.45, 7) is 0.313. The van der Waals surface area contributed by atoms with Gasteiger partial charge in [-0.05, 0) is 45.2 Å². The number of benzene rings is 1. The summed E-state index contributed by atoms with van der Waals surface area (Å²) in [7, 11) is 0. The first-order valence-corrected chi connectivity index (χ1v) is 7.26. The second kappa shape index (κ2) is 6.90. The van der Waals surface area contributed by atoms with E-state index in [0.29, 0.717) is 6.54 Å². The summed E-state index contributed by atoms with van der Waals surface area (Å²) in [5.74, 6) is 0.146. The summed E-state index contributed by atoms with van der Waals surface area (Å²) >= 11 is 9.52. The van der Waals surface area contributed by atoms with Crippen molar-refractivity contribution in [1.82, 2.24) is 0 Å². The molecule has 8 heteroatoms. The highest BCUT2D eigenvalue weighted by Crippen LogP contribution is 2.29. The number of nitrogens with one attached hydrogen (secondary N) is 1. The molecule has 0 aliphatic carbocycles. The van der Waals surface area contributed by atoms with Crippen molar-refractivity contribution in [1.29, 1.82) is 0 Å². The Balaban J connectivity index is 2.90. The van der Waals surface area contributed by atoms with E-state index in [1.165, 1.54) is 12.1 Å². The Morgan fingerprint density at radius 3 is 2.41 bits per heavy atom. The van der Waals surface area contributed by atoms with Crippen LogP contribution in [-0.2, 0) is 0 Å². The van der Waals surface area contributed by atoms with Crippen LogP contribution in [0, 0.1) is 17.3 Å². The molecule has 17 heavy (non-hydrogen) atoms. The number of aliphatic hydroxyl groups excluding tert-OH is 1. The molecule has 1 atom stereocenters. The Bertz CT molecular complexity index is 408. The molecule has 0 aliphatic heterocycles. The third kappa shape index (κ3) is 4.38. The number of halogens is 3. The van der Waals surface area contributed by atoms with Crippen molar-refractivity contribution in [3.8, 4) is 0 Å². The number of rotatable bonds is 5. The van der Waals surface area contributed by atoms with Crippen molar-refractivity contribution in [2.75, 3.05) is 17.7 Å². The predicted molar refractivity (Wildman–Crippen MR) is 83.7 cm³/mol. The molecular weight excluding hydrogens is 473 g/mol. The maximum Gasteiger partial charge on any atom is 0.271 e. The van der Waals surface area contributed by atoms with E-state index in [2.05, 4.69) is 5.32 Å². The van der Waals surface area contributed by atoms with E-state index in [-0.39, 0.29) is 11.6 Å². The largest absolute Gasteiger partial charge is 0.390 e. The van der Waals surface area contributed by atoms with Gasteiger partial charge in [-0.2, -0.15) is 0 Å². The molecule has 0 saturated carbocycles. The molecule has 0 aromatic heterocycles. The van der Waals surface area contributed by atoms with Crippen LogP contribution in [0.1, 0.15) is 0 Å². The topological polar surface area (TPSA) is 75.4 Å². The second-order valence-electron chi connectivity index (χ2n) is 3.23. The van der Waals surface area contributed by atoms with Gasteiger partial charge in [-0.3, -0.25) is 10.1 Å². The molecule has 1 rings (SSSR count). The van der Waals surface area contributed by atoms with Crippen LogP contribution < -0.4 is 5.32 Å². The lowest BCUT2D eigenvalue weighted by Crippen LogP contribution is -2.21. The molecule has 0 aliphatic rings. The minimum Gasteiger partial charge on any atom is -0.390 e. The van der Waals surface area contributed by atoms with Gasteiger partial charge in [0.15, 0.2) is 0 Å². The van der Waals surface area contributed by atoms with Gasteiger partial charge in [0, 0.05) is 25.8 Å². The number of nitro benzene ring substituents is 1. The summed E-state index contributed by atoms with van der Waals surface area (Å²) in [6, 6.07) is 2.97. The summed E-state index contributed by atoms with van der Waals surface area (Å²) in [5.41, 5.74) is 0.836. The minimum absolute atomic E-state index is 0.0576. The molecule has 94 valence electrons. The van der Waals surface area contributed by atoms with Gasteiger partial charge in [0.05, 0.1) is 22.6 Å². The Morgan fingerprint density at radius 1 is 1.47 bits per heavy atom. The maximum atomic E-state index is 10.7. The van der Waals surface area contributed by atoms with E-state index in [4.69, 9.17) is 11.6 Å². The number of hydrogen-bond acceptors (Lipinski definition) is 4. The van der Waals surface area contributed by atoms with Gasteiger partial charge in [-0.15, -0.1) is 11.6 Å². The quantitative estimate of drug-likeness (QED) is 0.293. The highest BCUT2D eigenvalue weighted by molar-refractivity contribution is 14.1. The van der Waals surface area contributed by atoms with Crippen molar-refractivity contribution < 1.29 is 10.0 Å². The number of alkyl halides is 1. The molecule has 0 saturated heterocycles. The molecule has 0 amide bonds. The highest BCUT2D eigenvalue weighted by Gasteiger charge is 2.14. The third-order valence-corrected chi connectivity index (χ3v) is 3.99. The molecule has 0 spiro atoms. The Kier molecular flexibility index (Phi) is 6.17. The molecule has 0 heterocycles. The average molecular weight is 482 g/mol. The van der Waals surface area contributed by atoms with Gasteiger partial charge in [-0.1, -0.05) is 0 Å². The molecule has 0 bridgehead atoms. The Labute approximate surface area is 130 Å². The lowest BCUT2D eigenvalue weighted by molar-refractivity contribution is -0.385. The maximum absolute atomic E-state index is 10.7. The minimum atomic E-state index is -0.640. The Morgan fingerprint density at radius 2 is 2.00 bits per heavy atom. The first-order chi connectivity index (χ1) is 7.95. The molecular formula is C9H9ClI2N2O3. The van der Waals surface area contributed by atoms with Crippen LogP contribution >= 0.6 is 56.8 Å². The first-order valence-electron chi connectivity index (χ1n) is 4.57. The number of non-ortho nitro benzene ring substituents is 1. The fraction of sp³-hybridized carbons (Fsp3) is 0.333. The van der Waals surface area contributed by atoms with E-state index in [1.807, 2.05) is 45.2 Å². The van der Waals surface area contributed by atoms with E-state index in [1.54, 1.807) is 0 Å². The van der Waals surface area contributed by atoms with Crippen molar-refractivity contribution in [3.63, 3.8) is 0 Å². The van der Waals surface area contributed by atoms with Crippen LogP contribution in [0.15, 0.2) is 12.1 Å². The van der Waals surface area contributed by atoms with Gasteiger partial charge in [0.2, 0.25) is 0 Å². The molecule has 0 radical (unpaired) electrons. The third-order valence-electron chi connectivity index (χ3n) is 1.93. The molecule has 5 nitrogen and oxygen atoms in total. The zero-order chi connectivity index (χ0) is 13.0. The van der Waals surface area contributed by atoms with Gasteiger partial charge in [0.25, 0.3) is 5.69 Å². The number of nitro groups is 1. The molecule has 2 N–H and O–H groups in total. The van der Waals surface area contributed by atoms with Crippen molar-refractivity contribution in [3.05, 3.63) is 29.4 Å². The monoisotopic (exact) mass is 482 g/mol. The van der Waals surface area contributed by atoms with E-state index < -0.39 is 11.0 Å². The fourth-order valence-electron chi connectivity index (χ4n) is 1.11. The number of hydrogen-bond donors (Lipinski definition) is 2. The van der Waals surface area contributed by atoms with Crippen LogP contribution in [0.5, 0.6) is 0 Å². The first kappa shape index (κ1) is 15.2. The van der Waals surface area contributed by atoms with Crippen LogP contribution in [-0.4, -0.2) is 28.6 Å². The lowest BCUT2D eigenvalue weighted by atomic mass is 10.2. The second-order valence-corrected chi connectivity index (χ2v) is 5.86. The number of aliphatic hydroxyl groups is 1. The summed E-state index contributed by atoms with van der Waals surface area (Å²) in [6.07, 6.45) is -0.640. The SMILES string of the molecule is O=[N+]([O-])c1cc(I)c(NCC(O)CCl)c(I)c1. The lowest BCUT2D eigenvalue weighted by Gasteiger charge is -2.13. The van der Waals surface area contributed by atoms with Crippen molar-refractivity contribution >= 4 is 68.2 Å². The number of nitrogens with zero attached hydrogens (tertiary/aromatic N) is 1. The van der Waals surface area contributed by atoms with Crippen LogP contribution in [0.2, 0.25) is 0 Å². The van der Waals surface area contributed by atoms with Crippen molar-refractivity contribution in [2.24, 2.45) is 0 Å². The Hall–Kier alpha value is 0.130. The van der Waals surface area contributed by atoms with Crippen LogP contribution in [0.4, 0.5) is 11.4 Å². The van der Waals surface area contributed by atoms with E-state index in [9.17, 15) is 15.2 Å². The summed E-state index contributed by atoms with van der Waals surface area (Å²) in [4.78, 5) is 10.2. The summed E-state index contributed by atoms with van der Waals surface area (Å²) in [5, 5.41) is 23.0. The van der Waals surface area contributed by atoms with Gasteiger partial charge in [-0.25, -0.2) is 0 Å². The van der Waals surface area contributed by atoms with Gasteiger partial charge >= 0.3 is 0 Å². The average Bonchev–Trinajstić information content (AvgIpc) is 2.27. The fourth-order valence-corrected chi connectivity index (χ4v) is 3.33. The smallest absolute Gasteiger partial charge is 0.271 e. The van der Waals surface area contributed by atoms with Gasteiger partial charge < -0.3 is 10.4 Å². The van der Waals surface area contributed by atoms with E-state index in [0.717, 1.165) is 12.8 Å². The molecule has 1 unspecified atom stereocenters. The zero-order valence-corrected chi connectivity index (χ0v) is 13.6. The van der Waals surface area contributed by atoms with E-state index >= 15 is 0 Å². The predicted octanol–water partition coefficient (Wildman–Crippen LogP) is 2.82. The summed E-state index contributed by atoms with van der Waals surface area (Å²) < 4.78 is 1.48. The molecule has 1 aromatic rings. The normalized spacial score (nSPS) is 12.2. The highest BCUT2D eigenvalue weighted by atomic mass is 127. The van der Waals surface area contributed by atoms with Crippen LogP contribution in [0.25, 0.3) is 0 Å².